The Bertz CT molecular complexity index is 168. The first-order valence-electron chi connectivity index (χ1n) is 6.51. The molecule has 0 radical (unpaired) electrons. The zero-order valence-corrected chi connectivity index (χ0v) is 10.6. The lowest BCUT2D eigenvalue weighted by Gasteiger charge is -2.37. The van der Waals surface area contributed by atoms with Crippen molar-refractivity contribution >= 4 is 0 Å². The molecule has 0 spiro atoms. The van der Waals surface area contributed by atoms with E-state index in [0.717, 1.165) is 18.4 Å². The summed E-state index contributed by atoms with van der Waals surface area (Å²) in [4.78, 5) is 2.64. The highest BCUT2D eigenvalue weighted by atomic mass is 16.3. The molecule has 0 aromatic carbocycles. The number of aliphatic hydroxyl groups excluding tert-OH is 1. The number of hydrogen-bond donors (Lipinski definition) is 1. The molecule has 0 amide bonds. The molecule has 1 aliphatic rings. The molecule has 1 fully saturated rings. The van der Waals surface area contributed by atoms with Crippen molar-refractivity contribution in [2.75, 3.05) is 13.1 Å². The van der Waals surface area contributed by atoms with Gasteiger partial charge in [0, 0.05) is 12.6 Å². The second kappa shape index (κ2) is 6.49. The van der Waals surface area contributed by atoms with Crippen LogP contribution in [0.2, 0.25) is 0 Å². The summed E-state index contributed by atoms with van der Waals surface area (Å²) in [6.45, 7) is 8.98. The zero-order valence-electron chi connectivity index (χ0n) is 10.6. The zero-order chi connectivity index (χ0) is 11.3. The van der Waals surface area contributed by atoms with Gasteiger partial charge in [-0.3, -0.25) is 0 Å². The molecule has 1 heterocycles. The van der Waals surface area contributed by atoms with E-state index in [1.165, 1.54) is 38.8 Å². The number of likely N-dealkylation sites (tertiary alicyclic amines) is 1. The highest BCUT2D eigenvalue weighted by Gasteiger charge is 2.22. The lowest BCUT2D eigenvalue weighted by Crippen LogP contribution is -2.41. The molecule has 0 saturated carbocycles. The largest absolute Gasteiger partial charge is 0.393 e. The minimum absolute atomic E-state index is 0.132. The van der Waals surface area contributed by atoms with Gasteiger partial charge < -0.3 is 10.0 Å². The van der Waals surface area contributed by atoms with E-state index < -0.39 is 0 Å². The first-order valence-corrected chi connectivity index (χ1v) is 6.51. The monoisotopic (exact) mass is 213 g/mol. The van der Waals surface area contributed by atoms with Crippen molar-refractivity contribution in [1.82, 2.24) is 4.90 Å². The van der Waals surface area contributed by atoms with Gasteiger partial charge in [-0.1, -0.05) is 20.3 Å². The van der Waals surface area contributed by atoms with Crippen LogP contribution in [0.1, 0.15) is 52.9 Å². The van der Waals surface area contributed by atoms with Crippen LogP contribution in [-0.2, 0) is 0 Å². The molecule has 1 rings (SSSR count). The highest BCUT2D eigenvalue weighted by Crippen LogP contribution is 2.22. The van der Waals surface area contributed by atoms with Gasteiger partial charge in [0.1, 0.15) is 0 Å². The molecule has 2 unspecified atom stereocenters. The van der Waals surface area contributed by atoms with Crippen molar-refractivity contribution in [2.24, 2.45) is 5.92 Å². The van der Waals surface area contributed by atoms with E-state index in [2.05, 4.69) is 18.7 Å². The fraction of sp³-hybridized carbons (Fsp3) is 1.00. The van der Waals surface area contributed by atoms with Crippen LogP contribution in [0, 0.1) is 5.92 Å². The molecule has 0 aromatic rings. The van der Waals surface area contributed by atoms with Gasteiger partial charge >= 0.3 is 0 Å². The average molecular weight is 213 g/mol. The summed E-state index contributed by atoms with van der Waals surface area (Å²) < 4.78 is 0. The molecule has 0 aliphatic carbocycles. The number of rotatable bonds is 5. The molecule has 1 aliphatic heterocycles. The Balaban J connectivity index is 2.35. The molecule has 2 heteroatoms. The molecule has 2 atom stereocenters. The first-order chi connectivity index (χ1) is 7.09. The van der Waals surface area contributed by atoms with E-state index in [-0.39, 0.29) is 6.10 Å². The summed E-state index contributed by atoms with van der Waals surface area (Å²) in [5.74, 6) is 0.761. The van der Waals surface area contributed by atoms with Gasteiger partial charge in [-0.25, -0.2) is 0 Å². The Morgan fingerprint density at radius 1 is 1.27 bits per heavy atom. The van der Waals surface area contributed by atoms with Crippen LogP contribution in [0.25, 0.3) is 0 Å². The number of nitrogens with zero attached hydrogens (tertiary/aromatic N) is 1. The van der Waals surface area contributed by atoms with Crippen LogP contribution in [0.4, 0.5) is 0 Å². The normalized spacial score (nSPS) is 25.8. The summed E-state index contributed by atoms with van der Waals surface area (Å²) in [5, 5.41) is 9.33. The van der Waals surface area contributed by atoms with E-state index in [1.54, 1.807) is 0 Å². The summed E-state index contributed by atoms with van der Waals surface area (Å²) in [5.41, 5.74) is 0. The Labute approximate surface area is 94.7 Å². The van der Waals surface area contributed by atoms with Crippen LogP contribution in [0.3, 0.4) is 0 Å². The predicted molar refractivity (Wildman–Crippen MR) is 65.0 cm³/mol. The van der Waals surface area contributed by atoms with Gasteiger partial charge in [0.2, 0.25) is 0 Å². The van der Waals surface area contributed by atoms with Crippen LogP contribution in [0.5, 0.6) is 0 Å². The van der Waals surface area contributed by atoms with Gasteiger partial charge in [-0.2, -0.15) is 0 Å². The maximum atomic E-state index is 9.33. The molecule has 1 saturated heterocycles. The number of piperidine rings is 1. The summed E-state index contributed by atoms with van der Waals surface area (Å²) in [6.07, 6.45) is 6.06. The Kier molecular flexibility index (Phi) is 5.62. The van der Waals surface area contributed by atoms with Gasteiger partial charge in [-0.05, 0) is 45.1 Å². The Hall–Kier alpha value is -0.0800. The summed E-state index contributed by atoms with van der Waals surface area (Å²) >= 11 is 0. The third-order valence-electron chi connectivity index (χ3n) is 3.27. The minimum atomic E-state index is -0.132. The molecule has 2 nitrogen and oxygen atoms in total. The second-order valence-corrected chi connectivity index (χ2v) is 5.46. The summed E-state index contributed by atoms with van der Waals surface area (Å²) in [6, 6.07) is 0.732. The maximum Gasteiger partial charge on any atom is 0.0512 e. The lowest BCUT2D eigenvalue weighted by molar-refractivity contribution is 0.104. The van der Waals surface area contributed by atoms with E-state index in [0.29, 0.717) is 0 Å². The van der Waals surface area contributed by atoms with Crippen molar-refractivity contribution in [2.45, 2.75) is 65.0 Å². The van der Waals surface area contributed by atoms with Gasteiger partial charge in [0.25, 0.3) is 0 Å². The van der Waals surface area contributed by atoms with Crippen molar-refractivity contribution in [3.05, 3.63) is 0 Å². The van der Waals surface area contributed by atoms with Crippen LogP contribution in [-0.4, -0.2) is 35.2 Å². The third-order valence-corrected chi connectivity index (χ3v) is 3.27. The van der Waals surface area contributed by atoms with Crippen molar-refractivity contribution in [1.29, 1.82) is 0 Å². The predicted octanol–water partition coefficient (Wildman–Crippen LogP) is 2.66. The number of aliphatic hydroxyl groups is 1. The maximum absolute atomic E-state index is 9.33. The van der Waals surface area contributed by atoms with Gasteiger partial charge in [-0.15, -0.1) is 0 Å². The SMILES string of the molecule is CC(C)CN1CCCCC1CCC(C)O. The van der Waals surface area contributed by atoms with E-state index >= 15 is 0 Å². The van der Waals surface area contributed by atoms with Gasteiger partial charge in [0.15, 0.2) is 0 Å². The Morgan fingerprint density at radius 2 is 2.00 bits per heavy atom. The molecule has 1 N–H and O–H groups in total. The average Bonchev–Trinajstić information content (AvgIpc) is 2.15. The molecule has 0 aromatic heterocycles. The highest BCUT2D eigenvalue weighted by molar-refractivity contribution is 4.78. The van der Waals surface area contributed by atoms with E-state index in [4.69, 9.17) is 0 Å². The van der Waals surface area contributed by atoms with Crippen LogP contribution in [0.15, 0.2) is 0 Å². The van der Waals surface area contributed by atoms with Gasteiger partial charge in [0.05, 0.1) is 6.10 Å². The Morgan fingerprint density at radius 3 is 2.60 bits per heavy atom. The van der Waals surface area contributed by atoms with E-state index in [9.17, 15) is 5.11 Å². The molecular weight excluding hydrogens is 186 g/mol. The topological polar surface area (TPSA) is 23.5 Å². The first kappa shape index (κ1) is 13.0. The number of hydrogen-bond acceptors (Lipinski definition) is 2. The fourth-order valence-electron chi connectivity index (χ4n) is 2.53. The quantitative estimate of drug-likeness (QED) is 0.759. The standard InChI is InChI=1S/C13H27NO/c1-11(2)10-14-9-5-4-6-13(14)8-7-12(3)15/h11-13,15H,4-10H2,1-3H3. The smallest absolute Gasteiger partial charge is 0.0512 e. The van der Waals surface area contributed by atoms with Crippen LogP contribution < -0.4 is 0 Å². The third kappa shape index (κ3) is 4.98. The molecule has 0 bridgehead atoms. The molecule has 90 valence electrons. The second-order valence-electron chi connectivity index (χ2n) is 5.46. The molecular formula is C13H27NO. The van der Waals surface area contributed by atoms with Crippen molar-refractivity contribution in [3.8, 4) is 0 Å². The minimum Gasteiger partial charge on any atom is -0.393 e. The van der Waals surface area contributed by atoms with Crippen molar-refractivity contribution < 1.29 is 5.11 Å². The molecule has 15 heavy (non-hydrogen) atoms. The van der Waals surface area contributed by atoms with Crippen LogP contribution >= 0.6 is 0 Å². The summed E-state index contributed by atoms with van der Waals surface area (Å²) in [7, 11) is 0. The fourth-order valence-corrected chi connectivity index (χ4v) is 2.53. The lowest BCUT2D eigenvalue weighted by atomic mass is 9.96. The van der Waals surface area contributed by atoms with Crippen molar-refractivity contribution in [3.63, 3.8) is 0 Å². The van der Waals surface area contributed by atoms with E-state index in [1.807, 2.05) is 6.92 Å².